The molecule has 0 fully saturated rings. The topological polar surface area (TPSA) is 111 Å². The minimum Gasteiger partial charge on any atom is -0.504 e. The summed E-state index contributed by atoms with van der Waals surface area (Å²) in [6.45, 7) is 0. The molecule has 0 radical (unpaired) electrons. The standard InChI is InChI=1S/C21H16BrN3O4/c22-15-8-6-14(7-9-15)20(28)24-17-4-2-1-3-16(17)21(29)25-23-12-13-5-10-18(26)19(27)11-13/h1-12,26-27H,(H,24,28)(H,25,29)/b23-12+. The monoisotopic (exact) mass is 453 g/mol. The van der Waals surface area contributed by atoms with Crippen LogP contribution in [0, 0.1) is 0 Å². The minimum atomic E-state index is -0.518. The van der Waals surface area contributed by atoms with Crippen LogP contribution in [0.3, 0.4) is 0 Å². The number of halogens is 1. The van der Waals surface area contributed by atoms with Crippen LogP contribution in [-0.2, 0) is 0 Å². The lowest BCUT2D eigenvalue weighted by molar-refractivity contribution is 0.0956. The van der Waals surface area contributed by atoms with Crippen molar-refractivity contribution < 1.29 is 19.8 Å². The largest absolute Gasteiger partial charge is 0.504 e. The van der Waals surface area contributed by atoms with Gasteiger partial charge in [-0.25, -0.2) is 5.43 Å². The molecule has 0 atom stereocenters. The molecule has 0 heterocycles. The molecule has 0 aliphatic rings. The van der Waals surface area contributed by atoms with Crippen LogP contribution in [0.4, 0.5) is 5.69 Å². The molecule has 7 nitrogen and oxygen atoms in total. The lowest BCUT2D eigenvalue weighted by Gasteiger charge is -2.10. The van der Waals surface area contributed by atoms with Gasteiger partial charge in [-0.05, 0) is 60.2 Å². The fraction of sp³-hybridized carbons (Fsp3) is 0. The first-order valence-corrected chi connectivity index (χ1v) is 9.24. The van der Waals surface area contributed by atoms with Gasteiger partial charge in [0.25, 0.3) is 11.8 Å². The first-order chi connectivity index (χ1) is 13.9. The van der Waals surface area contributed by atoms with Gasteiger partial charge in [0.1, 0.15) is 0 Å². The second kappa shape index (κ2) is 9.03. The Hall–Kier alpha value is -3.65. The number of hydrogen-bond acceptors (Lipinski definition) is 5. The number of amides is 2. The zero-order valence-electron chi connectivity index (χ0n) is 15.0. The molecule has 29 heavy (non-hydrogen) atoms. The maximum atomic E-state index is 12.5. The van der Waals surface area contributed by atoms with Crippen molar-refractivity contribution in [2.45, 2.75) is 0 Å². The van der Waals surface area contributed by atoms with Crippen molar-refractivity contribution in [3.05, 3.63) is 87.9 Å². The van der Waals surface area contributed by atoms with Crippen LogP contribution in [0.1, 0.15) is 26.3 Å². The summed E-state index contributed by atoms with van der Waals surface area (Å²) >= 11 is 3.32. The van der Waals surface area contributed by atoms with Crippen molar-refractivity contribution in [3.63, 3.8) is 0 Å². The third kappa shape index (κ3) is 5.20. The number of aromatic hydroxyl groups is 2. The molecule has 8 heteroatoms. The third-order valence-corrected chi connectivity index (χ3v) is 4.43. The van der Waals surface area contributed by atoms with E-state index < -0.39 is 5.91 Å². The fourth-order valence-electron chi connectivity index (χ4n) is 2.43. The normalized spacial score (nSPS) is 10.7. The third-order valence-electron chi connectivity index (χ3n) is 3.91. The van der Waals surface area contributed by atoms with Gasteiger partial charge < -0.3 is 15.5 Å². The van der Waals surface area contributed by atoms with Crippen molar-refractivity contribution in [2.24, 2.45) is 5.10 Å². The molecule has 0 aliphatic heterocycles. The summed E-state index contributed by atoms with van der Waals surface area (Å²) in [7, 11) is 0. The number of benzene rings is 3. The number of carbonyl (C=O) groups excluding carboxylic acids is 2. The van der Waals surface area contributed by atoms with Gasteiger partial charge >= 0.3 is 0 Å². The van der Waals surface area contributed by atoms with E-state index in [0.717, 1.165) is 4.47 Å². The van der Waals surface area contributed by atoms with Gasteiger partial charge in [-0.3, -0.25) is 9.59 Å². The molecule has 3 aromatic carbocycles. The van der Waals surface area contributed by atoms with Crippen molar-refractivity contribution in [2.75, 3.05) is 5.32 Å². The first-order valence-electron chi connectivity index (χ1n) is 8.45. The van der Waals surface area contributed by atoms with E-state index in [9.17, 15) is 19.8 Å². The van der Waals surface area contributed by atoms with Gasteiger partial charge in [-0.2, -0.15) is 5.10 Å². The summed E-state index contributed by atoms with van der Waals surface area (Å²) < 4.78 is 0.855. The smallest absolute Gasteiger partial charge is 0.273 e. The molecule has 0 spiro atoms. The Morgan fingerprint density at radius 1 is 0.897 bits per heavy atom. The van der Waals surface area contributed by atoms with Gasteiger partial charge in [0.15, 0.2) is 11.5 Å². The van der Waals surface area contributed by atoms with Gasteiger partial charge in [0, 0.05) is 10.0 Å². The van der Waals surface area contributed by atoms with E-state index in [1.165, 1.54) is 24.4 Å². The van der Waals surface area contributed by atoms with Crippen LogP contribution in [0.15, 0.2) is 76.3 Å². The van der Waals surface area contributed by atoms with E-state index in [1.807, 2.05) is 0 Å². The number of hydrogen-bond donors (Lipinski definition) is 4. The lowest BCUT2D eigenvalue weighted by Crippen LogP contribution is -2.21. The molecule has 0 bridgehead atoms. The Kier molecular flexibility index (Phi) is 6.25. The van der Waals surface area contributed by atoms with E-state index in [-0.39, 0.29) is 23.0 Å². The molecule has 3 aromatic rings. The molecule has 4 N–H and O–H groups in total. The second-order valence-corrected chi connectivity index (χ2v) is 6.87. The summed E-state index contributed by atoms with van der Waals surface area (Å²) in [4.78, 5) is 24.9. The van der Waals surface area contributed by atoms with Crippen molar-refractivity contribution in [3.8, 4) is 11.5 Å². The highest BCUT2D eigenvalue weighted by atomic mass is 79.9. The SMILES string of the molecule is O=C(Nc1ccccc1C(=O)N/N=C/c1ccc(O)c(O)c1)c1ccc(Br)cc1. The fourth-order valence-corrected chi connectivity index (χ4v) is 2.70. The van der Waals surface area contributed by atoms with E-state index in [2.05, 4.69) is 31.8 Å². The molecule has 0 saturated heterocycles. The lowest BCUT2D eigenvalue weighted by atomic mass is 10.1. The number of nitrogens with one attached hydrogen (secondary N) is 2. The molecule has 3 rings (SSSR count). The van der Waals surface area contributed by atoms with Crippen molar-refractivity contribution >= 4 is 39.6 Å². The van der Waals surface area contributed by atoms with Crippen LogP contribution in [0.25, 0.3) is 0 Å². The molecule has 0 aliphatic carbocycles. The molecular weight excluding hydrogens is 438 g/mol. The Morgan fingerprint density at radius 2 is 1.62 bits per heavy atom. The first kappa shape index (κ1) is 20.1. The molecule has 0 aromatic heterocycles. The van der Waals surface area contributed by atoms with Crippen molar-refractivity contribution in [1.82, 2.24) is 5.43 Å². The maximum absolute atomic E-state index is 12.5. The number of para-hydroxylation sites is 1. The predicted octanol–water partition coefficient (Wildman–Crippen LogP) is 3.88. The second-order valence-electron chi connectivity index (χ2n) is 5.95. The number of carbonyl (C=O) groups is 2. The highest BCUT2D eigenvalue weighted by Gasteiger charge is 2.13. The van der Waals surface area contributed by atoms with Gasteiger partial charge in [-0.1, -0.05) is 28.1 Å². The van der Waals surface area contributed by atoms with E-state index >= 15 is 0 Å². The zero-order chi connectivity index (χ0) is 20.8. The number of phenolic OH excluding ortho intramolecular Hbond substituents is 2. The Labute approximate surface area is 174 Å². The van der Waals surface area contributed by atoms with E-state index in [4.69, 9.17) is 0 Å². The summed E-state index contributed by atoms with van der Waals surface area (Å²) in [5, 5.41) is 25.3. The molecule has 0 saturated carbocycles. The van der Waals surface area contributed by atoms with Crippen LogP contribution < -0.4 is 10.7 Å². The zero-order valence-corrected chi connectivity index (χ0v) is 16.6. The number of anilines is 1. The molecule has 146 valence electrons. The van der Waals surface area contributed by atoms with Gasteiger partial charge in [-0.15, -0.1) is 0 Å². The summed E-state index contributed by atoms with van der Waals surface area (Å²) in [5.74, 6) is -1.40. The average molecular weight is 454 g/mol. The number of hydrazone groups is 1. The molecule has 2 amide bonds. The molecular formula is C21H16BrN3O4. The summed E-state index contributed by atoms with van der Waals surface area (Å²) in [6, 6.07) is 17.5. The van der Waals surface area contributed by atoms with E-state index in [0.29, 0.717) is 16.8 Å². The number of phenols is 2. The predicted molar refractivity (Wildman–Crippen MR) is 113 cm³/mol. The quantitative estimate of drug-likeness (QED) is 0.266. The minimum absolute atomic E-state index is 0.240. The van der Waals surface area contributed by atoms with Crippen LogP contribution in [-0.4, -0.2) is 28.2 Å². The number of nitrogens with zero attached hydrogens (tertiary/aromatic N) is 1. The van der Waals surface area contributed by atoms with Gasteiger partial charge in [0.2, 0.25) is 0 Å². The van der Waals surface area contributed by atoms with E-state index in [1.54, 1.807) is 48.5 Å². The van der Waals surface area contributed by atoms with Crippen LogP contribution in [0.5, 0.6) is 11.5 Å². The van der Waals surface area contributed by atoms with Crippen LogP contribution in [0.2, 0.25) is 0 Å². The average Bonchev–Trinajstić information content (AvgIpc) is 2.71. The Morgan fingerprint density at radius 3 is 2.34 bits per heavy atom. The Balaban J connectivity index is 1.71. The Bertz CT molecular complexity index is 1080. The van der Waals surface area contributed by atoms with Crippen LogP contribution >= 0.6 is 15.9 Å². The summed E-state index contributed by atoms with van der Waals surface area (Å²) in [6.07, 6.45) is 1.32. The van der Waals surface area contributed by atoms with Gasteiger partial charge in [0.05, 0.1) is 17.5 Å². The molecule has 0 unspecified atom stereocenters. The van der Waals surface area contributed by atoms with Crippen molar-refractivity contribution in [1.29, 1.82) is 0 Å². The summed E-state index contributed by atoms with van der Waals surface area (Å²) in [5.41, 5.74) is 3.89. The highest BCUT2D eigenvalue weighted by Crippen LogP contribution is 2.24. The number of rotatable bonds is 5. The maximum Gasteiger partial charge on any atom is 0.273 e. The highest BCUT2D eigenvalue weighted by molar-refractivity contribution is 9.10.